The van der Waals surface area contributed by atoms with Crippen LogP contribution in [0.1, 0.15) is 18.4 Å². The molecule has 12 nitrogen and oxygen atoms in total. The Morgan fingerprint density at radius 2 is 1.84 bits per heavy atom. The lowest BCUT2D eigenvalue weighted by molar-refractivity contribution is -0.135. The third-order valence-electron chi connectivity index (χ3n) is 6.30. The fourth-order valence-electron chi connectivity index (χ4n) is 4.28. The zero-order chi connectivity index (χ0) is 26.4. The van der Waals surface area contributed by atoms with Crippen LogP contribution in [0, 0.1) is 0 Å². The van der Waals surface area contributed by atoms with Crippen LogP contribution in [-0.4, -0.2) is 80.8 Å². The Hall–Kier alpha value is -3.39. The zero-order valence-corrected chi connectivity index (χ0v) is 21.2. The molecule has 0 spiro atoms. The van der Waals surface area contributed by atoms with Gasteiger partial charge < -0.3 is 24.4 Å². The number of hydrogen-bond acceptors (Lipinski definition) is 9. The fourth-order valence-corrected chi connectivity index (χ4v) is 5.88. The van der Waals surface area contributed by atoms with E-state index in [1.165, 1.54) is 31.4 Å². The quantitative estimate of drug-likeness (QED) is 0.296. The maximum absolute atomic E-state index is 13.8. The molecule has 37 heavy (non-hydrogen) atoms. The van der Waals surface area contributed by atoms with E-state index in [2.05, 4.69) is 5.32 Å². The van der Waals surface area contributed by atoms with E-state index in [4.69, 9.17) is 14.2 Å². The molecule has 2 aromatic carbocycles. The van der Waals surface area contributed by atoms with Crippen molar-refractivity contribution in [3.05, 3.63) is 48.0 Å². The fraction of sp³-hybridized carbons (Fsp3) is 0.417. The number of piperazine rings is 1. The first kappa shape index (κ1) is 26.7. The molecule has 1 saturated heterocycles. The number of rotatable bonds is 10. The highest BCUT2D eigenvalue weighted by molar-refractivity contribution is 7.89. The van der Waals surface area contributed by atoms with Gasteiger partial charge in [0.25, 0.3) is 5.91 Å². The van der Waals surface area contributed by atoms with E-state index in [0.29, 0.717) is 49.0 Å². The highest BCUT2D eigenvalue weighted by Gasteiger charge is 2.37. The van der Waals surface area contributed by atoms with Crippen molar-refractivity contribution in [2.45, 2.75) is 30.3 Å². The van der Waals surface area contributed by atoms with E-state index < -0.39 is 22.0 Å². The number of hydroxylamine groups is 1. The van der Waals surface area contributed by atoms with Crippen molar-refractivity contribution in [1.29, 1.82) is 0 Å². The van der Waals surface area contributed by atoms with Gasteiger partial charge in [0.1, 0.15) is 11.8 Å². The molecule has 1 atom stereocenters. The van der Waals surface area contributed by atoms with E-state index in [-0.39, 0.29) is 37.0 Å². The molecule has 13 heteroatoms. The van der Waals surface area contributed by atoms with Crippen molar-refractivity contribution in [1.82, 2.24) is 20.0 Å². The highest BCUT2D eigenvalue weighted by atomic mass is 32.2. The SMILES string of the molecule is COc1ccc(S(=O)(=O)N(Cc2ccc3c(c2)OCO3)[C@H](CCC(=O)N2CCNCC2)C(=O)NO)cc1. The lowest BCUT2D eigenvalue weighted by Crippen LogP contribution is -2.50. The first-order chi connectivity index (χ1) is 17.8. The summed E-state index contributed by atoms with van der Waals surface area (Å²) in [6.07, 6.45) is -0.205. The summed E-state index contributed by atoms with van der Waals surface area (Å²) in [4.78, 5) is 27.2. The minimum Gasteiger partial charge on any atom is -0.497 e. The maximum atomic E-state index is 13.8. The summed E-state index contributed by atoms with van der Waals surface area (Å²) in [5, 5.41) is 12.7. The summed E-state index contributed by atoms with van der Waals surface area (Å²) in [6.45, 7) is 2.21. The van der Waals surface area contributed by atoms with Gasteiger partial charge in [0.05, 0.1) is 12.0 Å². The van der Waals surface area contributed by atoms with E-state index in [0.717, 1.165) is 4.31 Å². The summed E-state index contributed by atoms with van der Waals surface area (Å²) in [7, 11) is -2.80. The number of ether oxygens (including phenoxy) is 3. The first-order valence-electron chi connectivity index (χ1n) is 11.8. The van der Waals surface area contributed by atoms with Crippen LogP contribution in [0.3, 0.4) is 0 Å². The summed E-state index contributed by atoms with van der Waals surface area (Å²) < 4.78 is 44.5. The van der Waals surface area contributed by atoms with Crippen molar-refractivity contribution in [2.24, 2.45) is 0 Å². The van der Waals surface area contributed by atoms with E-state index in [1.54, 1.807) is 28.6 Å². The van der Waals surface area contributed by atoms with Gasteiger partial charge in [-0.1, -0.05) is 6.07 Å². The summed E-state index contributed by atoms with van der Waals surface area (Å²) in [5.74, 6) is 0.316. The molecule has 1 fully saturated rings. The van der Waals surface area contributed by atoms with Crippen LogP contribution in [0.4, 0.5) is 0 Å². The third kappa shape index (κ3) is 6.13. The molecule has 3 N–H and O–H groups in total. The predicted molar refractivity (Wildman–Crippen MR) is 131 cm³/mol. The molecule has 2 amide bonds. The lowest BCUT2D eigenvalue weighted by Gasteiger charge is -2.31. The molecular weight excluding hydrogens is 504 g/mol. The van der Waals surface area contributed by atoms with Gasteiger partial charge in [0.15, 0.2) is 11.5 Å². The van der Waals surface area contributed by atoms with Crippen molar-refractivity contribution in [3.8, 4) is 17.2 Å². The van der Waals surface area contributed by atoms with E-state index >= 15 is 0 Å². The number of fused-ring (bicyclic) bond motifs is 1. The largest absolute Gasteiger partial charge is 0.497 e. The normalized spacial score (nSPS) is 15.9. The Balaban J connectivity index is 1.66. The topological polar surface area (TPSA) is 147 Å². The van der Waals surface area contributed by atoms with Crippen molar-refractivity contribution < 1.29 is 37.4 Å². The van der Waals surface area contributed by atoms with Gasteiger partial charge in [-0.3, -0.25) is 14.8 Å². The van der Waals surface area contributed by atoms with Gasteiger partial charge in [0.2, 0.25) is 22.7 Å². The standard InChI is InChI=1S/C24H30N4O8S/c1-34-18-3-5-19(6-4-18)37(32,33)28(15-17-2-8-21-22(14-17)36-16-35-21)20(24(30)26-31)7-9-23(29)27-12-10-25-11-13-27/h2-6,8,14,20,25,31H,7,9-13,15-16H2,1H3,(H,26,30)/t20-/m1/s1. The number of sulfonamides is 1. The smallest absolute Gasteiger partial charge is 0.261 e. The second-order valence-electron chi connectivity index (χ2n) is 8.57. The van der Waals surface area contributed by atoms with Crippen LogP contribution in [0.15, 0.2) is 47.4 Å². The molecule has 2 aromatic rings. The van der Waals surface area contributed by atoms with Crippen LogP contribution in [0.5, 0.6) is 17.2 Å². The van der Waals surface area contributed by atoms with Gasteiger partial charge in [-0.15, -0.1) is 0 Å². The van der Waals surface area contributed by atoms with Gasteiger partial charge in [-0.25, -0.2) is 13.9 Å². The van der Waals surface area contributed by atoms with Crippen LogP contribution in [0.25, 0.3) is 0 Å². The lowest BCUT2D eigenvalue weighted by atomic mass is 10.1. The molecule has 2 aliphatic heterocycles. The summed E-state index contributed by atoms with van der Waals surface area (Å²) in [6, 6.07) is 9.35. The number of methoxy groups -OCH3 is 1. The number of amides is 2. The molecule has 0 radical (unpaired) electrons. The molecule has 0 unspecified atom stereocenters. The molecule has 0 aromatic heterocycles. The van der Waals surface area contributed by atoms with Gasteiger partial charge in [-0.05, 0) is 48.4 Å². The number of carbonyl (C=O) groups is 2. The van der Waals surface area contributed by atoms with E-state index in [9.17, 15) is 23.2 Å². The Morgan fingerprint density at radius 3 is 2.51 bits per heavy atom. The van der Waals surface area contributed by atoms with Crippen LogP contribution in [0.2, 0.25) is 0 Å². The van der Waals surface area contributed by atoms with Crippen LogP contribution >= 0.6 is 0 Å². The van der Waals surface area contributed by atoms with Crippen LogP contribution < -0.4 is 25.0 Å². The van der Waals surface area contributed by atoms with Crippen molar-refractivity contribution in [3.63, 3.8) is 0 Å². The zero-order valence-electron chi connectivity index (χ0n) is 20.4. The average Bonchev–Trinajstić information content (AvgIpc) is 3.40. The number of nitrogens with zero attached hydrogens (tertiary/aromatic N) is 2. The number of nitrogens with one attached hydrogen (secondary N) is 2. The average molecular weight is 535 g/mol. The van der Waals surface area contributed by atoms with Gasteiger partial charge >= 0.3 is 0 Å². The Labute approximate surface area is 215 Å². The summed E-state index contributed by atoms with van der Waals surface area (Å²) in [5.41, 5.74) is 2.11. The number of hydrogen-bond donors (Lipinski definition) is 3. The molecule has 2 aliphatic rings. The minimum absolute atomic E-state index is 0.0519. The molecule has 0 bridgehead atoms. The van der Waals surface area contributed by atoms with E-state index in [1.807, 2.05) is 0 Å². The van der Waals surface area contributed by atoms with Gasteiger partial charge in [-0.2, -0.15) is 4.31 Å². The summed E-state index contributed by atoms with van der Waals surface area (Å²) >= 11 is 0. The molecule has 0 aliphatic carbocycles. The second-order valence-corrected chi connectivity index (χ2v) is 10.5. The Kier molecular flexibility index (Phi) is 8.48. The minimum atomic E-state index is -4.27. The number of benzene rings is 2. The third-order valence-corrected chi connectivity index (χ3v) is 8.17. The first-order valence-corrected chi connectivity index (χ1v) is 13.2. The Bertz CT molecular complexity index is 1220. The van der Waals surface area contributed by atoms with Crippen LogP contribution in [-0.2, 0) is 26.2 Å². The molecular formula is C24H30N4O8S. The molecule has 200 valence electrons. The van der Waals surface area contributed by atoms with Gasteiger partial charge in [0, 0.05) is 39.1 Å². The number of carbonyl (C=O) groups excluding carboxylic acids is 2. The highest BCUT2D eigenvalue weighted by Crippen LogP contribution is 2.34. The molecule has 4 rings (SSSR count). The predicted octanol–water partition coefficient (Wildman–Crippen LogP) is 0.701. The van der Waals surface area contributed by atoms with Crippen molar-refractivity contribution in [2.75, 3.05) is 40.1 Å². The molecule has 0 saturated carbocycles. The molecule has 2 heterocycles. The monoisotopic (exact) mass is 534 g/mol. The maximum Gasteiger partial charge on any atom is 0.261 e. The van der Waals surface area contributed by atoms with Crippen molar-refractivity contribution >= 4 is 21.8 Å². The second kappa shape index (κ2) is 11.8. The Morgan fingerprint density at radius 1 is 1.14 bits per heavy atom.